The van der Waals surface area contributed by atoms with Gasteiger partial charge < -0.3 is 10.3 Å². The molecule has 0 fully saturated rings. The molecule has 0 saturated heterocycles. The number of pyridine rings is 1. The molecule has 0 aliphatic rings. The molecular weight excluding hydrogens is 452 g/mol. The first-order valence-electron chi connectivity index (χ1n) is 10.7. The standard InChI is InChI=1S/C24H29BrN6/c1-15(14-31-23-12-18(25)8-9-20(23)29-24(31)26)6-5-7-22-19(13-27-30(22)4)21-11-16(2)10-17(3)28-21/h8-13,15H,5-7,14H2,1-4H3,(H2,26,29)/t15-/m1/s1. The van der Waals surface area contributed by atoms with Gasteiger partial charge in [-0.05, 0) is 74.9 Å². The third-order valence-corrected chi connectivity index (χ3v) is 6.27. The van der Waals surface area contributed by atoms with Crippen molar-refractivity contribution < 1.29 is 0 Å². The lowest BCUT2D eigenvalue weighted by Gasteiger charge is -2.15. The molecule has 0 radical (unpaired) electrons. The van der Waals surface area contributed by atoms with E-state index in [0.29, 0.717) is 11.9 Å². The molecule has 7 heteroatoms. The summed E-state index contributed by atoms with van der Waals surface area (Å²) in [6, 6.07) is 10.3. The van der Waals surface area contributed by atoms with Gasteiger partial charge in [0, 0.05) is 35.0 Å². The predicted octanol–water partition coefficient (Wildman–Crippen LogP) is 5.45. The zero-order valence-corrected chi connectivity index (χ0v) is 20.1. The molecule has 0 bridgehead atoms. The highest BCUT2D eigenvalue weighted by atomic mass is 79.9. The Morgan fingerprint density at radius 2 is 1.94 bits per heavy atom. The van der Waals surface area contributed by atoms with Gasteiger partial charge in [-0.2, -0.15) is 5.10 Å². The molecule has 31 heavy (non-hydrogen) atoms. The van der Waals surface area contributed by atoms with Crippen molar-refractivity contribution in [3.63, 3.8) is 0 Å². The molecule has 6 nitrogen and oxygen atoms in total. The Bertz CT molecular complexity index is 1200. The van der Waals surface area contributed by atoms with Gasteiger partial charge in [-0.3, -0.25) is 9.67 Å². The number of nitrogens with two attached hydrogens (primary N) is 1. The molecule has 2 N–H and O–H groups in total. The minimum absolute atomic E-state index is 0.481. The first-order chi connectivity index (χ1) is 14.8. The Hall–Kier alpha value is -2.67. The van der Waals surface area contributed by atoms with E-state index in [9.17, 15) is 0 Å². The minimum atomic E-state index is 0.481. The zero-order chi connectivity index (χ0) is 22.1. The Balaban J connectivity index is 1.44. The van der Waals surface area contributed by atoms with E-state index in [-0.39, 0.29) is 0 Å². The van der Waals surface area contributed by atoms with Crippen molar-refractivity contribution in [2.45, 2.75) is 46.6 Å². The number of hydrogen-bond acceptors (Lipinski definition) is 4. The molecular formula is C24H29BrN6. The van der Waals surface area contributed by atoms with Crippen molar-refractivity contribution >= 4 is 32.9 Å². The van der Waals surface area contributed by atoms with Crippen LogP contribution >= 0.6 is 15.9 Å². The number of nitrogens with zero attached hydrogens (tertiary/aromatic N) is 5. The Morgan fingerprint density at radius 3 is 2.71 bits per heavy atom. The molecule has 3 heterocycles. The molecule has 4 rings (SSSR count). The monoisotopic (exact) mass is 480 g/mol. The molecule has 0 saturated carbocycles. The fourth-order valence-corrected chi connectivity index (χ4v) is 4.63. The van der Waals surface area contributed by atoms with Crippen LogP contribution in [0.2, 0.25) is 0 Å². The summed E-state index contributed by atoms with van der Waals surface area (Å²) in [7, 11) is 2.01. The van der Waals surface area contributed by atoms with Crippen LogP contribution in [0, 0.1) is 19.8 Å². The van der Waals surface area contributed by atoms with Crippen molar-refractivity contribution in [1.82, 2.24) is 24.3 Å². The van der Waals surface area contributed by atoms with Crippen LogP contribution in [0.1, 0.15) is 36.7 Å². The third-order valence-electron chi connectivity index (χ3n) is 5.78. The fraction of sp³-hybridized carbons (Fsp3) is 0.375. The highest BCUT2D eigenvalue weighted by Crippen LogP contribution is 2.27. The van der Waals surface area contributed by atoms with E-state index < -0.39 is 0 Å². The molecule has 0 aliphatic carbocycles. The smallest absolute Gasteiger partial charge is 0.201 e. The van der Waals surface area contributed by atoms with Gasteiger partial charge in [-0.15, -0.1) is 0 Å². The quantitative estimate of drug-likeness (QED) is 0.381. The van der Waals surface area contributed by atoms with Crippen molar-refractivity contribution in [3.05, 3.63) is 58.0 Å². The molecule has 0 unspecified atom stereocenters. The van der Waals surface area contributed by atoms with E-state index in [1.54, 1.807) is 0 Å². The van der Waals surface area contributed by atoms with Crippen molar-refractivity contribution in [3.8, 4) is 11.3 Å². The Labute approximate surface area is 191 Å². The normalized spacial score (nSPS) is 12.5. The summed E-state index contributed by atoms with van der Waals surface area (Å²) in [5, 5.41) is 4.51. The summed E-state index contributed by atoms with van der Waals surface area (Å²) in [4.78, 5) is 9.24. The lowest BCUT2D eigenvalue weighted by atomic mass is 10.0. The maximum atomic E-state index is 6.20. The molecule has 0 spiro atoms. The van der Waals surface area contributed by atoms with Crippen LogP contribution in [0.4, 0.5) is 5.95 Å². The van der Waals surface area contributed by atoms with E-state index in [1.807, 2.05) is 37.0 Å². The van der Waals surface area contributed by atoms with Crippen LogP contribution in [0.3, 0.4) is 0 Å². The van der Waals surface area contributed by atoms with Crippen LogP contribution in [0.15, 0.2) is 41.0 Å². The number of nitrogen functional groups attached to an aromatic ring is 1. The van der Waals surface area contributed by atoms with Crippen LogP contribution in [0.25, 0.3) is 22.3 Å². The van der Waals surface area contributed by atoms with Crippen molar-refractivity contribution in [1.29, 1.82) is 0 Å². The molecule has 3 aromatic heterocycles. The minimum Gasteiger partial charge on any atom is -0.369 e. The zero-order valence-electron chi connectivity index (χ0n) is 18.6. The summed E-state index contributed by atoms with van der Waals surface area (Å²) in [5.74, 6) is 1.06. The molecule has 1 atom stereocenters. The summed E-state index contributed by atoms with van der Waals surface area (Å²) in [5.41, 5.74) is 13.9. The van der Waals surface area contributed by atoms with E-state index in [0.717, 1.165) is 58.3 Å². The van der Waals surface area contributed by atoms with Crippen LogP contribution in [-0.2, 0) is 20.0 Å². The van der Waals surface area contributed by atoms with Gasteiger partial charge in [0.05, 0.1) is 22.9 Å². The second-order valence-corrected chi connectivity index (χ2v) is 9.43. The van der Waals surface area contributed by atoms with Crippen LogP contribution < -0.4 is 5.73 Å². The SMILES string of the molecule is Cc1cc(C)nc(-c2cnn(C)c2CCC[C@@H](C)Cn2c(N)nc3ccc(Br)cc32)c1. The van der Waals surface area contributed by atoms with Crippen LogP contribution in [0.5, 0.6) is 0 Å². The predicted molar refractivity (Wildman–Crippen MR) is 130 cm³/mol. The number of anilines is 1. The second kappa shape index (κ2) is 8.83. The van der Waals surface area contributed by atoms with E-state index in [2.05, 4.69) is 62.6 Å². The van der Waals surface area contributed by atoms with Gasteiger partial charge >= 0.3 is 0 Å². The molecule has 4 aromatic rings. The largest absolute Gasteiger partial charge is 0.369 e. The number of fused-ring (bicyclic) bond motifs is 1. The van der Waals surface area contributed by atoms with Crippen molar-refractivity contribution in [2.75, 3.05) is 5.73 Å². The highest BCUT2D eigenvalue weighted by Gasteiger charge is 2.15. The lowest BCUT2D eigenvalue weighted by Crippen LogP contribution is -2.11. The van der Waals surface area contributed by atoms with Gasteiger partial charge in [0.15, 0.2) is 0 Å². The van der Waals surface area contributed by atoms with Gasteiger partial charge in [0.1, 0.15) is 0 Å². The summed E-state index contributed by atoms with van der Waals surface area (Å²) in [6.45, 7) is 7.28. The molecule has 162 valence electrons. The highest BCUT2D eigenvalue weighted by molar-refractivity contribution is 9.10. The van der Waals surface area contributed by atoms with Gasteiger partial charge in [-0.1, -0.05) is 22.9 Å². The van der Waals surface area contributed by atoms with Crippen LogP contribution in [-0.4, -0.2) is 24.3 Å². The Kier molecular flexibility index (Phi) is 6.14. The maximum absolute atomic E-state index is 6.20. The molecule has 0 amide bonds. The van der Waals surface area contributed by atoms with Crippen molar-refractivity contribution in [2.24, 2.45) is 13.0 Å². The fourth-order valence-electron chi connectivity index (χ4n) is 4.28. The topological polar surface area (TPSA) is 74.5 Å². The van der Waals surface area contributed by atoms with Gasteiger partial charge in [0.2, 0.25) is 5.95 Å². The third kappa shape index (κ3) is 4.66. The number of hydrogen-bond donors (Lipinski definition) is 1. The van der Waals surface area contributed by atoms with Gasteiger partial charge in [-0.25, -0.2) is 4.98 Å². The lowest BCUT2D eigenvalue weighted by molar-refractivity contribution is 0.443. The summed E-state index contributed by atoms with van der Waals surface area (Å²) < 4.78 is 5.15. The number of aromatic nitrogens is 5. The average molecular weight is 481 g/mol. The summed E-state index contributed by atoms with van der Waals surface area (Å²) in [6.07, 6.45) is 5.08. The molecule has 1 aromatic carbocycles. The van der Waals surface area contributed by atoms with E-state index in [1.165, 1.54) is 11.3 Å². The maximum Gasteiger partial charge on any atom is 0.201 e. The number of halogens is 1. The van der Waals surface area contributed by atoms with E-state index in [4.69, 9.17) is 10.7 Å². The second-order valence-electron chi connectivity index (χ2n) is 8.51. The van der Waals surface area contributed by atoms with Gasteiger partial charge in [0.25, 0.3) is 0 Å². The first kappa shape index (κ1) is 21.6. The molecule has 0 aliphatic heterocycles. The number of aryl methyl sites for hydroxylation is 3. The summed E-state index contributed by atoms with van der Waals surface area (Å²) >= 11 is 3.55. The number of benzene rings is 1. The number of imidazole rings is 1. The average Bonchev–Trinajstić information content (AvgIpc) is 3.21. The number of rotatable bonds is 7. The first-order valence-corrected chi connectivity index (χ1v) is 11.5. The van der Waals surface area contributed by atoms with E-state index >= 15 is 0 Å². The Morgan fingerprint density at radius 1 is 1.13 bits per heavy atom.